The van der Waals surface area contributed by atoms with Crippen LogP contribution in [0.25, 0.3) is 0 Å². The number of aromatic nitrogens is 2. The molecule has 3 heterocycles. The topological polar surface area (TPSA) is 50.2 Å². The fourth-order valence-electron chi connectivity index (χ4n) is 4.41. The number of nitrogens with zero attached hydrogens (tertiary/aromatic N) is 3. The Bertz CT molecular complexity index is 789. The lowest BCUT2D eigenvalue weighted by Crippen LogP contribution is -2.32. The van der Waals surface area contributed by atoms with E-state index in [-0.39, 0.29) is 18.3 Å². The number of fused-ring (bicyclic) bond motifs is 1. The molecule has 2 aliphatic heterocycles. The van der Waals surface area contributed by atoms with Crippen molar-refractivity contribution in [2.45, 2.75) is 33.2 Å². The van der Waals surface area contributed by atoms with E-state index in [0.29, 0.717) is 6.54 Å². The Morgan fingerprint density at radius 3 is 2.48 bits per heavy atom. The number of benzene rings is 1. The first-order valence-electron chi connectivity index (χ1n) is 9.70. The number of amides is 1. The van der Waals surface area contributed by atoms with Crippen LogP contribution in [0.4, 0.5) is 0 Å². The summed E-state index contributed by atoms with van der Waals surface area (Å²) in [5.74, 6) is 1.66. The van der Waals surface area contributed by atoms with Crippen LogP contribution in [-0.2, 0) is 6.54 Å². The second-order valence-corrected chi connectivity index (χ2v) is 7.83. The molecule has 2 atom stereocenters. The van der Waals surface area contributed by atoms with E-state index in [1.807, 2.05) is 29.8 Å². The minimum atomic E-state index is 0. The standard InChI is InChI=1S/C21H28N4O.ClH/c1-15-10-16(2)25(23-15)14-17-4-3-5-18(11-17)21(26)24-8-6-19-12-22-13-20(19)7-9-24;/h3-5,10-11,19-20,22H,6-9,12-14H2,1-2H3;1H/t19-,20+;. The van der Waals surface area contributed by atoms with Gasteiger partial charge in [0.05, 0.1) is 12.2 Å². The predicted octanol–water partition coefficient (Wildman–Crippen LogP) is 3.04. The SMILES string of the molecule is Cc1cc(C)n(Cc2cccc(C(=O)N3CC[C@@H]4CNC[C@@H]4CC3)c2)n1.Cl. The van der Waals surface area contributed by atoms with E-state index >= 15 is 0 Å². The first-order chi connectivity index (χ1) is 12.6. The second-order valence-electron chi connectivity index (χ2n) is 7.83. The Kier molecular flexibility index (Phi) is 6.22. The summed E-state index contributed by atoms with van der Waals surface area (Å²) < 4.78 is 2.00. The Morgan fingerprint density at radius 2 is 1.85 bits per heavy atom. The van der Waals surface area contributed by atoms with Gasteiger partial charge in [-0.1, -0.05) is 12.1 Å². The lowest BCUT2D eigenvalue weighted by atomic mass is 9.92. The molecule has 1 N–H and O–H groups in total. The molecule has 146 valence electrons. The summed E-state index contributed by atoms with van der Waals surface area (Å²) in [7, 11) is 0. The smallest absolute Gasteiger partial charge is 0.253 e. The third kappa shape index (κ3) is 4.36. The monoisotopic (exact) mass is 388 g/mol. The summed E-state index contributed by atoms with van der Waals surface area (Å²) in [5, 5.41) is 8.02. The average Bonchev–Trinajstić information content (AvgIpc) is 3.14. The van der Waals surface area contributed by atoms with Crippen LogP contribution in [0.5, 0.6) is 0 Å². The van der Waals surface area contributed by atoms with Gasteiger partial charge < -0.3 is 10.2 Å². The van der Waals surface area contributed by atoms with Gasteiger partial charge in [-0.2, -0.15) is 5.10 Å². The molecule has 27 heavy (non-hydrogen) atoms. The predicted molar refractivity (Wildman–Crippen MR) is 109 cm³/mol. The molecule has 0 unspecified atom stereocenters. The minimum absolute atomic E-state index is 0. The molecule has 1 amide bonds. The number of halogens is 1. The zero-order valence-corrected chi connectivity index (χ0v) is 17.0. The van der Waals surface area contributed by atoms with Gasteiger partial charge in [-0.3, -0.25) is 9.48 Å². The molecular formula is C21H29ClN4O. The lowest BCUT2D eigenvalue weighted by Gasteiger charge is -2.21. The van der Waals surface area contributed by atoms with Crippen molar-refractivity contribution in [1.29, 1.82) is 0 Å². The van der Waals surface area contributed by atoms with E-state index in [1.165, 1.54) is 0 Å². The zero-order chi connectivity index (χ0) is 18.1. The first-order valence-corrected chi connectivity index (χ1v) is 9.70. The molecule has 0 spiro atoms. The number of hydrogen-bond donors (Lipinski definition) is 1. The highest BCUT2D eigenvalue weighted by atomic mass is 35.5. The summed E-state index contributed by atoms with van der Waals surface area (Å²) in [6.07, 6.45) is 2.24. The van der Waals surface area contributed by atoms with E-state index in [2.05, 4.69) is 34.4 Å². The maximum atomic E-state index is 13.0. The molecule has 2 aromatic rings. The lowest BCUT2D eigenvalue weighted by molar-refractivity contribution is 0.0758. The number of rotatable bonds is 3. The number of aryl methyl sites for hydroxylation is 2. The van der Waals surface area contributed by atoms with Gasteiger partial charge in [0.25, 0.3) is 5.91 Å². The van der Waals surface area contributed by atoms with Gasteiger partial charge >= 0.3 is 0 Å². The van der Waals surface area contributed by atoms with Crippen molar-refractivity contribution in [3.8, 4) is 0 Å². The van der Waals surface area contributed by atoms with Crippen molar-refractivity contribution in [2.24, 2.45) is 11.8 Å². The molecule has 2 fully saturated rings. The van der Waals surface area contributed by atoms with E-state index in [1.54, 1.807) is 0 Å². The average molecular weight is 389 g/mol. The van der Waals surface area contributed by atoms with Crippen LogP contribution in [0.15, 0.2) is 30.3 Å². The minimum Gasteiger partial charge on any atom is -0.339 e. The molecular weight excluding hydrogens is 360 g/mol. The third-order valence-electron chi connectivity index (χ3n) is 5.92. The molecule has 4 rings (SSSR count). The Labute approximate surface area is 167 Å². The maximum Gasteiger partial charge on any atom is 0.253 e. The molecule has 0 bridgehead atoms. The Morgan fingerprint density at radius 1 is 1.15 bits per heavy atom. The van der Waals surface area contributed by atoms with Gasteiger partial charge in [-0.15, -0.1) is 12.4 Å². The first kappa shape index (κ1) is 19.9. The fraction of sp³-hybridized carbons (Fsp3) is 0.524. The van der Waals surface area contributed by atoms with Gasteiger partial charge in [0.2, 0.25) is 0 Å². The van der Waals surface area contributed by atoms with Crippen molar-refractivity contribution < 1.29 is 4.79 Å². The summed E-state index contributed by atoms with van der Waals surface area (Å²) in [6, 6.07) is 10.1. The number of carbonyl (C=O) groups excluding carboxylic acids is 1. The number of hydrogen-bond acceptors (Lipinski definition) is 3. The number of carbonyl (C=O) groups is 1. The van der Waals surface area contributed by atoms with Crippen molar-refractivity contribution in [1.82, 2.24) is 20.0 Å². The highest BCUT2D eigenvalue weighted by Gasteiger charge is 2.31. The van der Waals surface area contributed by atoms with Crippen molar-refractivity contribution >= 4 is 18.3 Å². The Hall–Kier alpha value is -1.85. The van der Waals surface area contributed by atoms with E-state index in [4.69, 9.17) is 0 Å². The molecule has 2 aliphatic rings. The summed E-state index contributed by atoms with van der Waals surface area (Å²) in [5.41, 5.74) is 4.10. The summed E-state index contributed by atoms with van der Waals surface area (Å²) in [4.78, 5) is 15.1. The number of nitrogens with one attached hydrogen (secondary N) is 1. The van der Waals surface area contributed by atoms with Crippen LogP contribution >= 0.6 is 12.4 Å². The van der Waals surface area contributed by atoms with Gasteiger partial charge in [-0.25, -0.2) is 0 Å². The highest BCUT2D eigenvalue weighted by Crippen LogP contribution is 2.27. The molecule has 0 saturated carbocycles. The van der Waals surface area contributed by atoms with Gasteiger partial charge in [0.1, 0.15) is 0 Å². The van der Waals surface area contributed by atoms with E-state index in [0.717, 1.165) is 73.4 Å². The van der Waals surface area contributed by atoms with Crippen LogP contribution in [0.2, 0.25) is 0 Å². The molecule has 6 heteroatoms. The maximum absolute atomic E-state index is 13.0. The molecule has 1 aromatic carbocycles. The molecule has 1 aromatic heterocycles. The van der Waals surface area contributed by atoms with E-state index in [9.17, 15) is 4.79 Å². The van der Waals surface area contributed by atoms with Crippen molar-refractivity contribution in [3.05, 3.63) is 52.8 Å². The second kappa shape index (κ2) is 8.44. The van der Waals surface area contributed by atoms with E-state index < -0.39 is 0 Å². The quantitative estimate of drug-likeness (QED) is 0.879. The molecule has 0 radical (unpaired) electrons. The zero-order valence-electron chi connectivity index (χ0n) is 16.1. The Balaban J connectivity index is 0.00000210. The van der Waals surface area contributed by atoms with Gasteiger partial charge in [0, 0.05) is 24.3 Å². The summed E-state index contributed by atoms with van der Waals surface area (Å²) in [6.45, 7) is 8.77. The molecule has 2 saturated heterocycles. The largest absolute Gasteiger partial charge is 0.339 e. The highest BCUT2D eigenvalue weighted by molar-refractivity contribution is 5.94. The fourth-order valence-corrected chi connectivity index (χ4v) is 4.41. The van der Waals surface area contributed by atoms with Gasteiger partial charge in [0.15, 0.2) is 0 Å². The van der Waals surface area contributed by atoms with Crippen LogP contribution in [0, 0.1) is 25.7 Å². The molecule has 5 nitrogen and oxygen atoms in total. The normalized spacial score (nSPS) is 22.1. The van der Waals surface area contributed by atoms with Crippen LogP contribution in [0.1, 0.15) is 40.2 Å². The van der Waals surface area contributed by atoms with Crippen molar-refractivity contribution in [3.63, 3.8) is 0 Å². The third-order valence-corrected chi connectivity index (χ3v) is 5.92. The van der Waals surface area contributed by atoms with Crippen LogP contribution in [-0.4, -0.2) is 46.8 Å². The van der Waals surface area contributed by atoms with Crippen LogP contribution in [0.3, 0.4) is 0 Å². The molecule has 0 aliphatic carbocycles. The summed E-state index contributed by atoms with van der Waals surface area (Å²) >= 11 is 0. The van der Waals surface area contributed by atoms with Gasteiger partial charge in [-0.05, 0) is 75.4 Å². The van der Waals surface area contributed by atoms with Crippen LogP contribution < -0.4 is 5.32 Å². The number of likely N-dealkylation sites (tertiary alicyclic amines) is 1. The van der Waals surface area contributed by atoms with Crippen molar-refractivity contribution in [2.75, 3.05) is 26.2 Å².